The van der Waals surface area contributed by atoms with Gasteiger partial charge < -0.3 is 8.98 Å². The summed E-state index contributed by atoms with van der Waals surface area (Å²) in [5.74, 6) is -0.229. The number of nitrogens with one attached hydrogen (secondary N) is 1. The van der Waals surface area contributed by atoms with Crippen LogP contribution in [0.1, 0.15) is 10.7 Å². The van der Waals surface area contributed by atoms with Gasteiger partial charge in [-0.2, -0.15) is 0 Å². The molecule has 12 nitrogen and oxygen atoms in total. The number of nitrogens with zero attached hydrogens (tertiary/aromatic N) is 7. The van der Waals surface area contributed by atoms with Gasteiger partial charge in [0.25, 0.3) is 11.4 Å². The van der Waals surface area contributed by atoms with Crippen LogP contribution in [0.3, 0.4) is 0 Å². The SMILES string of the molecule is Cc1nc(C)c(-c2nnc(NC(=O)Cn3cnc4c3c(=O)n(C)c(=O)n4C)o2)s1. The van der Waals surface area contributed by atoms with Gasteiger partial charge in [0.2, 0.25) is 5.91 Å². The Hall–Kier alpha value is -3.61. The molecule has 0 unspecified atom stereocenters. The maximum atomic E-state index is 12.4. The molecule has 4 rings (SSSR count). The van der Waals surface area contributed by atoms with Crippen molar-refractivity contribution in [2.24, 2.45) is 14.1 Å². The largest absolute Gasteiger partial charge is 0.402 e. The number of aromatic nitrogens is 7. The predicted molar refractivity (Wildman–Crippen MR) is 104 cm³/mol. The van der Waals surface area contributed by atoms with Gasteiger partial charge in [0.15, 0.2) is 11.2 Å². The Labute approximate surface area is 166 Å². The molecule has 13 heteroatoms. The highest BCUT2D eigenvalue weighted by Gasteiger charge is 2.18. The first-order chi connectivity index (χ1) is 13.8. The quantitative estimate of drug-likeness (QED) is 0.497. The number of fused-ring (bicyclic) bond motifs is 1. The zero-order valence-electron chi connectivity index (χ0n) is 16.0. The lowest BCUT2D eigenvalue weighted by atomic mass is 10.4. The van der Waals surface area contributed by atoms with Gasteiger partial charge in [0.1, 0.15) is 11.4 Å². The summed E-state index contributed by atoms with van der Waals surface area (Å²) in [4.78, 5) is 45.9. The van der Waals surface area contributed by atoms with Crippen LogP contribution in [0.2, 0.25) is 0 Å². The maximum Gasteiger partial charge on any atom is 0.332 e. The average molecular weight is 416 g/mol. The normalized spacial score (nSPS) is 11.3. The van der Waals surface area contributed by atoms with E-state index in [1.54, 1.807) is 0 Å². The molecular weight excluding hydrogens is 400 g/mol. The summed E-state index contributed by atoms with van der Waals surface area (Å²) >= 11 is 1.41. The third-order valence-corrected chi connectivity index (χ3v) is 5.36. The molecule has 0 aliphatic carbocycles. The van der Waals surface area contributed by atoms with Crippen molar-refractivity contribution in [3.05, 3.63) is 37.9 Å². The number of carbonyl (C=O) groups is 1. The van der Waals surface area contributed by atoms with Crippen molar-refractivity contribution < 1.29 is 9.21 Å². The molecule has 150 valence electrons. The summed E-state index contributed by atoms with van der Waals surface area (Å²) in [6.45, 7) is 3.48. The van der Waals surface area contributed by atoms with Crippen molar-refractivity contribution in [1.29, 1.82) is 0 Å². The van der Waals surface area contributed by atoms with Crippen molar-refractivity contribution >= 4 is 34.4 Å². The van der Waals surface area contributed by atoms with E-state index in [9.17, 15) is 14.4 Å². The van der Waals surface area contributed by atoms with Crippen LogP contribution in [0.5, 0.6) is 0 Å². The van der Waals surface area contributed by atoms with Gasteiger partial charge in [-0.15, -0.1) is 16.4 Å². The molecule has 0 radical (unpaired) electrons. The average Bonchev–Trinajstić information content (AvgIpc) is 3.37. The summed E-state index contributed by atoms with van der Waals surface area (Å²) < 4.78 is 9.07. The Kier molecular flexibility index (Phi) is 4.38. The van der Waals surface area contributed by atoms with Gasteiger partial charge in [-0.05, 0) is 13.8 Å². The lowest BCUT2D eigenvalue weighted by Gasteiger charge is -2.06. The molecule has 0 bridgehead atoms. The smallest absolute Gasteiger partial charge is 0.332 e. The van der Waals surface area contributed by atoms with Gasteiger partial charge >= 0.3 is 11.7 Å². The molecule has 4 aromatic rings. The van der Waals surface area contributed by atoms with Crippen molar-refractivity contribution in [2.45, 2.75) is 20.4 Å². The second-order valence-electron chi connectivity index (χ2n) is 6.36. The molecular formula is C16H16N8O4S. The Balaban J connectivity index is 1.58. The van der Waals surface area contributed by atoms with E-state index >= 15 is 0 Å². The fourth-order valence-electron chi connectivity index (χ4n) is 2.93. The summed E-state index contributed by atoms with van der Waals surface area (Å²) in [6, 6.07) is -0.0693. The zero-order valence-corrected chi connectivity index (χ0v) is 16.8. The van der Waals surface area contributed by atoms with E-state index in [2.05, 4.69) is 25.5 Å². The molecule has 0 spiro atoms. The van der Waals surface area contributed by atoms with Crippen LogP contribution in [-0.4, -0.2) is 39.8 Å². The van der Waals surface area contributed by atoms with Gasteiger partial charge in [-0.1, -0.05) is 5.10 Å². The molecule has 0 atom stereocenters. The molecule has 4 aromatic heterocycles. The standard InChI is InChI=1S/C16H16N8O4S/c1-7-11(29-8(2)18-7)13-20-21-15(28-13)19-9(25)5-24-6-17-12-10(24)14(26)23(4)16(27)22(12)3/h6H,5H2,1-4H3,(H,19,21,25). The molecule has 1 amide bonds. The molecule has 29 heavy (non-hydrogen) atoms. The Morgan fingerprint density at radius 1 is 1.21 bits per heavy atom. The number of rotatable bonds is 4. The summed E-state index contributed by atoms with van der Waals surface area (Å²) in [5.41, 5.74) is 0.0721. The minimum atomic E-state index is -0.537. The first-order valence-corrected chi connectivity index (χ1v) is 9.26. The zero-order chi connectivity index (χ0) is 20.9. The van der Waals surface area contributed by atoms with Crippen LogP contribution in [-0.2, 0) is 25.4 Å². The van der Waals surface area contributed by atoms with E-state index in [4.69, 9.17) is 4.42 Å². The minimum Gasteiger partial charge on any atom is -0.402 e. The van der Waals surface area contributed by atoms with Gasteiger partial charge in [-0.25, -0.2) is 14.8 Å². The number of carbonyl (C=O) groups excluding carboxylic acids is 1. The number of anilines is 1. The van der Waals surface area contributed by atoms with Gasteiger partial charge in [0, 0.05) is 14.1 Å². The number of hydrogen-bond acceptors (Lipinski definition) is 9. The van der Waals surface area contributed by atoms with Crippen molar-refractivity contribution in [3.63, 3.8) is 0 Å². The Morgan fingerprint density at radius 3 is 2.66 bits per heavy atom. The van der Waals surface area contributed by atoms with Crippen molar-refractivity contribution in [3.8, 4) is 10.8 Å². The molecule has 0 saturated carbocycles. The molecule has 0 saturated heterocycles. The van der Waals surface area contributed by atoms with Crippen LogP contribution in [0.25, 0.3) is 21.9 Å². The number of amides is 1. The lowest BCUT2D eigenvalue weighted by Crippen LogP contribution is -2.37. The Morgan fingerprint density at radius 2 is 1.97 bits per heavy atom. The topological polar surface area (TPSA) is 143 Å². The molecule has 0 aliphatic heterocycles. The maximum absolute atomic E-state index is 12.4. The summed E-state index contributed by atoms with van der Waals surface area (Å²) in [6.07, 6.45) is 1.33. The molecule has 0 aromatic carbocycles. The third kappa shape index (κ3) is 3.14. The van der Waals surface area contributed by atoms with E-state index in [0.29, 0.717) is 0 Å². The first-order valence-electron chi connectivity index (χ1n) is 8.45. The number of imidazole rings is 1. The van der Waals surface area contributed by atoms with Crippen molar-refractivity contribution in [1.82, 2.24) is 33.9 Å². The van der Waals surface area contributed by atoms with Gasteiger partial charge in [-0.3, -0.25) is 24.0 Å². The van der Waals surface area contributed by atoms with E-state index in [0.717, 1.165) is 20.1 Å². The van der Waals surface area contributed by atoms with E-state index in [-0.39, 0.29) is 29.6 Å². The summed E-state index contributed by atoms with van der Waals surface area (Å²) in [5, 5.41) is 11.1. The van der Waals surface area contributed by atoms with Crippen LogP contribution < -0.4 is 16.6 Å². The molecule has 0 fully saturated rings. The van der Waals surface area contributed by atoms with Crippen LogP contribution in [0.15, 0.2) is 20.3 Å². The van der Waals surface area contributed by atoms with E-state index < -0.39 is 17.2 Å². The highest BCUT2D eigenvalue weighted by molar-refractivity contribution is 7.15. The van der Waals surface area contributed by atoms with E-state index in [1.165, 1.54) is 40.9 Å². The number of hydrogen-bond donors (Lipinski definition) is 1. The number of thiazole rings is 1. The molecule has 1 N–H and O–H groups in total. The lowest BCUT2D eigenvalue weighted by molar-refractivity contribution is -0.116. The highest BCUT2D eigenvalue weighted by Crippen LogP contribution is 2.29. The van der Waals surface area contributed by atoms with Crippen LogP contribution >= 0.6 is 11.3 Å². The summed E-state index contributed by atoms with van der Waals surface area (Å²) in [7, 11) is 2.87. The fourth-order valence-corrected chi connectivity index (χ4v) is 3.77. The Bertz CT molecular complexity index is 1370. The molecule has 0 aliphatic rings. The monoisotopic (exact) mass is 416 g/mol. The highest BCUT2D eigenvalue weighted by atomic mass is 32.1. The van der Waals surface area contributed by atoms with Gasteiger partial charge in [0.05, 0.1) is 17.0 Å². The third-order valence-electron chi connectivity index (χ3n) is 4.30. The minimum absolute atomic E-state index is 0.0693. The second-order valence-corrected chi connectivity index (χ2v) is 7.56. The van der Waals surface area contributed by atoms with Crippen LogP contribution in [0.4, 0.5) is 6.01 Å². The first kappa shape index (κ1) is 18.7. The van der Waals surface area contributed by atoms with E-state index in [1.807, 2.05) is 13.8 Å². The second kappa shape index (κ2) is 6.77. The number of aryl methyl sites for hydroxylation is 3. The van der Waals surface area contributed by atoms with Crippen molar-refractivity contribution in [2.75, 3.05) is 5.32 Å². The predicted octanol–water partition coefficient (Wildman–Crippen LogP) is 0.196. The van der Waals surface area contributed by atoms with Crippen LogP contribution in [0, 0.1) is 13.8 Å². The molecule has 4 heterocycles. The fraction of sp³-hybridized carbons (Fsp3) is 0.312.